The Labute approximate surface area is 107 Å². The van der Waals surface area contributed by atoms with E-state index in [1.54, 1.807) is 24.3 Å². The number of phenols is 1. The number of aliphatic carboxylic acids is 2. The van der Waals surface area contributed by atoms with Crippen molar-refractivity contribution in [3.8, 4) is 5.75 Å². The zero-order chi connectivity index (χ0) is 13.5. The molecular formula is C11H15BNO5. The van der Waals surface area contributed by atoms with Gasteiger partial charge in [0.2, 0.25) is 0 Å². The van der Waals surface area contributed by atoms with Crippen molar-refractivity contribution in [3.05, 3.63) is 30.3 Å². The molecule has 0 heterocycles. The van der Waals surface area contributed by atoms with Crippen LogP contribution in [0.25, 0.3) is 0 Å². The van der Waals surface area contributed by atoms with Crippen LogP contribution in [0.5, 0.6) is 5.75 Å². The van der Waals surface area contributed by atoms with E-state index in [-0.39, 0.29) is 8.41 Å². The zero-order valence-corrected chi connectivity index (χ0v) is 9.91. The van der Waals surface area contributed by atoms with Gasteiger partial charge in [0, 0.05) is 8.41 Å². The third-order valence-electron chi connectivity index (χ3n) is 1.76. The highest BCUT2D eigenvalue weighted by Gasteiger charge is 2.30. The number of hydrogen-bond donors (Lipinski definition) is 4. The van der Waals surface area contributed by atoms with Crippen LogP contribution in [0.1, 0.15) is 13.3 Å². The van der Waals surface area contributed by atoms with Crippen LogP contribution in [0.3, 0.4) is 0 Å². The number of rotatable bonds is 3. The third-order valence-corrected chi connectivity index (χ3v) is 1.76. The van der Waals surface area contributed by atoms with Gasteiger partial charge in [-0.3, -0.25) is 9.59 Å². The standard InChI is InChI=1S/C6H6O.C5H9NO4.B/c7-6-4-2-1-3-5-6;1-5(6,4(9)10)2-3(7)8;/h1-5,7H;2,6H2,1H3,(H,7,8)(H,9,10);. The van der Waals surface area contributed by atoms with E-state index in [1.807, 2.05) is 6.07 Å². The number of para-hydroxylation sites is 1. The lowest BCUT2D eigenvalue weighted by Crippen LogP contribution is -2.46. The van der Waals surface area contributed by atoms with Gasteiger partial charge in [0.15, 0.2) is 0 Å². The van der Waals surface area contributed by atoms with Gasteiger partial charge in [-0.1, -0.05) is 18.2 Å². The first-order valence-corrected chi connectivity index (χ1v) is 4.74. The van der Waals surface area contributed by atoms with E-state index in [1.165, 1.54) is 0 Å². The molecule has 0 bridgehead atoms. The Kier molecular flexibility index (Phi) is 8.29. The number of carboxylic acids is 2. The first kappa shape index (κ1) is 18.4. The van der Waals surface area contributed by atoms with Gasteiger partial charge in [-0.2, -0.15) is 0 Å². The van der Waals surface area contributed by atoms with Gasteiger partial charge in [0.25, 0.3) is 0 Å². The van der Waals surface area contributed by atoms with Crippen LogP contribution in [-0.4, -0.2) is 41.2 Å². The Morgan fingerprint density at radius 1 is 1.22 bits per heavy atom. The molecule has 5 N–H and O–H groups in total. The molecule has 0 aliphatic rings. The second-order valence-electron chi connectivity index (χ2n) is 3.63. The monoisotopic (exact) mass is 252 g/mol. The summed E-state index contributed by atoms with van der Waals surface area (Å²) in [6, 6.07) is 8.71. The van der Waals surface area contributed by atoms with Gasteiger partial charge in [-0.25, -0.2) is 0 Å². The van der Waals surface area contributed by atoms with Gasteiger partial charge in [0.1, 0.15) is 11.3 Å². The summed E-state index contributed by atoms with van der Waals surface area (Å²) in [5.41, 5.74) is 3.42. The molecule has 7 heteroatoms. The molecule has 0 spiro atoms. The summed E-state index contributed by atoms with van der Waals surface area (Å²) in [5.74, 6) is -2.20. The lowest BCUT2D eigenvalue weighted by atomic mass is 10.0. The van der Waals surface area contributed by atoms with Crippen molar-refractivity contribution >= 4 is 20.4 Å². The fraction of sp³-hybridized carbons (Fsp3) is 0.273. The molecule has 1 atom stereocenters. The number of carboxylic acid groups (broad SMARTS) is 2. The quantitative estimate of drug-likeness (QED) is 0.573. The largest absolute Gasteiger partial charge is 0.508 e. The van der Waals surface area contributed by atoms with Gasteiger partial charge >= 0.3 is 11.9 Å². The summed E-state index contributed by atoms with van der Waals surface area (Å²) in [6.07, 6.45) is -0.567. The molecular weight excluding hydrogens is 237 g/mol. The van der Waals surface area contributed by atoms with Crippen molar-refractivity contribution in [1.29, 1.82) is 0 Å². The molecule has 0 saturated carbocycles. The molecule has 1 aromatic rings. The number of phenolic OH excluding ortho intramolecular Hbond substituents is 1. The van der Waals surface area contributed by atoms with Gasteiger partial charge in [0.05, 0.1) is 6.42 Å². The molecule has 97 valence electrons. The summed E-state index contributed by atoms with van der Waals surface area (Å²) >= 11 is 0. The first-order chi connectivity index (χ1) is 7.75. The lowest BCUT2D eigenvalue weighted by molar-refractivity contribution is -0.149. The van der Waals surface area contributed by atoms with E-state index in [2.05, 4.69) is 0 Å². The average molecular weight is 252 g/mol. The SMILES string of the molecule is CC(N)(CC(=O)O)C(=O)O.Oc1ccccc1.[B]. The number of benzene rings is 1. The Hall–Kier alpha value is -2.02. The number of carbonyl (C=O) groups is 2. The van der Waals surface area contributed by atoms with Crippen molar-refractivity contribution in [2.45, 2.75) is 18.9 Å². The Balaban J connectivity index is 0. The second kappa shape index (κ2) is 8.13. The van der Waals surface area contributed by atoms with Gasteiger partial charge in [-0.15, -0.1) is 0 Å². The van der Waals surface area contributed by atoms with E-state index in [4.69, 9.17) is 21.1 Å². The number of hydrogen-bond acceptors (Lipinski definition) is 4. The van der Waals surface area contributed by atoms with Crippen LogP contribution in [0.15, 0.2) is 30.3 Å². The van der Waals surface area contributed by atoms with Crippen molar-refractivity contribution < 1.29 is 24.9 Å². The molecule has 0 saturated heterocycles. The molecule has 6 nitrogen and oxygen atoms in total. The van der Waals surface area contributed by atoms with Crippen LogP contribution >= 0.6 is 0 Å². The number of aromatic hydroxyl groups is 1. The maximum absolute atomic E-state index is 10.2. The van der Waals surface area contributed by atoms with Gasteiger partial charge in [-0.05, 0) is 19.1 Å². The molecule has 0 aliphatic carbocycles. The number of nitrogens with two attached hydrogens (primary N) is 1. The topological polar surface area (TPSA) is 121 Å². The predicted octanol–water partition coefficient (Wildman–Crippen LogP) is 0.274. The Morgan fingerprint density at radius 2 is 1.67 bits per heavy atom. The first-order valence-electron chi connectivity index (χ1n) is 4.74. The summed E-state index contributed by atoms with van der Waals surface area (Å²) in [6.45, 7) is 1.16. The van der Waals surface area contributed by atoms with E-state index in [9.17, 15) is 9.59 Å². The molecule has 18 heavy (non-hydrogen) atoms. The highest BCUT2D eigenvalue weighted by Crippen LogP contribution is 2.04. The molecule has 0 aliphatic heterocycles. The van der Waals surface area contributed by atoms with Crippen molar-refractivity contribution in [2.24, 2.45) is 5.73 Å². The summed E-state index contributed by atoms with van der Waals surface area (Å²) in [4.78, 5) is 20.1. The average Bonchev–Trinajstić information content (AvgIpc) is 2.17. The van der Waals surface area contributed by atoms with Crippen LogP contribution in [0.4, 0.5) is 0 Å². The highest BCUT2D eigenvalue weighted by molar-refractivity contribution is 5.84. The fourth-order valence-electron chi connectivity index (χ4n) is 0.818. The predicted molar refractivity (Wildman–Crippen MR) is 66.3 cm³/mol. The molecule has 1 unspecified atom stereocenters. The van der Waals surface area contributed by atoms with Gasteiger partial charge < -0.3 is 21.1 Å². The van der Waals surface area contributed by atoms with E-state index < -0.39 is 23.9 Å². The van der Waals surface area contributed by atoms with Crippen molar-refractivity contribution in [3.63, 3.8) is 0 Å². The minimum Gasteiger partial charge on any atom is -0.508 e. The molecule has 3 radical (unpaired) electrons. The lowest BCUT2D eigenvalue weighted by Gasteiger charge is -2.15. The normalized spacial score (nSPS) is 12.1. The third kappa shape index (κ3) is 8.17. The zero-order valence-electron chi connectivity index (χ0n) is 9.91. The maximum Gasteiger partial charge on any atom is 0.323 e. The van der Waals surface area contributed by atoms with E-state index >= 15 is 0 Å². The Bertz CT molecular complexity index is 380. The van der Waals surface area contributed by atoms with Crippen LogP contribution in [0, 0.1) is 0 Å². The Morgan fingerprint density at radius 3 is 1.83 bits per heavy atom. The second-order valence-corrected chi connectivity index (χ2v) is 3.63. The highest BCUT2D eigenvalue weighted by atomic mass is 16.4. The molecule has 0 aromatic heterocycles. The van der Waals surface area contributed by atoms with Crippen LogP contribution < -0.4 is 5.73 Å². The summed E-state index contributed by atoms with van der Waals surface area (Å²) in [5, 5.41) is 25.1. The molecule has 1 aromatic carbocycles. The minimum absolute atomic E-state index is 0. The van der Waals surface area contributed by atoms with E-state index in [0.717, 1.165) is 6.92 Å². The maximum atomic E-state index is 10.2. The smallest absolute Gasteiger partial charge is 0.323 e. The summed E-state index contributed by atoms with van der Waals surface area (Å²) < 4.78 is 0. The molecule has 0 amide bonds. The van der Waals surface area contributed by atoms with Crippen LogP contribution in [0.2, 0.25) is 0 Å². The van der Waals surface area contributed by atoms with Crippen molar-refractivity contribution in [1.82, 2.24) is 0 Å². The molecule has 0 fully saturated rings. The van der Waals surface area contributed by atoms with E-state index in [0.29, 0.717) is 5.75 Å². The minimum atomic E-state index is -1.66. The van der Waals surface area contributed by atoms with Crippen LogP contribution in [-0.2, 0) is 9.59 Å². The summed E-state index contributed by atoms with van der Waals surface area (Å²) in [7, 11) is 0. The molecule has 1 rings (SSSR count). The van der Waals surface area contributed by atoms with Crippen molar-refractivity contribution in [2.75, 3.05) is 0 Å². The fourth-order valence-corrected chi connectivity index (χ4v) is 0.818.